The van der Waals surface area contributed by atoms with Gasteiger partial charge in [0.15, 0.2) is 5.03 Å². The number of hydrogen-bond donors (Lipinski definition) is 0. The summed E-state index contributed by atoms with van der Waals surface area (Å²) < 4.78 is 5.50. The fourth-order valence-electron chi connectivity index (χ4n) is 1.43. The molecule has 2 aromatic rings. The predicted molar refractivity (Wildman–Crippen MR) is 67.1 cm³/mol. The van der Waals surface area contributed by atoms with Crippen LogP contribution >= 0.6 is 11.8 Å². The lowest BCUT2D eigenvalue weighted by atomic mass is 10.3. The second kappa shape index (κ2) is 5.16. The number of nitrogens with zero attached hydrogens (tertiary/aromatic N) is 2. The van der Waals surface area contributed by atoms with Gasteiger partial charge in [0.25, 0.3) is 0 Å². The Labute approximate surface area is 99.2 Å². The van der Waals surface area contributed by atoms with Crippen LogP contribution in [0.15, 0.2) is 29.3 Å². The van der Waals surface area contributed by atoms with E-state index in [1.54, 1.807) is 11.8 Å². The molecule has 0 aliphatic heterocycles. The van der Waals surface area contributed by atoms with Crippen molar-refractivity contribution in [2.75, 3.05) is 12.4 Å². The van der Waals surface area contributed by atoms with Gasteiger partial charge >= 0.3 is 0 Å². The molecule has 0 amide bonds. The molecule has 1 heterocycles. The van der Waals surface area contributed by atoms with E-state index in [9.17, 15) is 0 Å². The number of benzene rings is 1. The predicted octanol–water partition coefficient (Wildman–Crippen LogP) is 3.14. The van der Waals surface area contributed by atoms with Crippen LogP contribution in [0.25, 0.3) is 11.0 Å². The molecule has 0 aliphatic carbocycles. The first-order chi connectivity index (χ1) is 7.85. The van der Waals surface area contributed by atoms with Gasteiger partial charge in [-0.3, -0.25) is 0 Å². The second-order valence-electron chi connectivity index (χ2n) is 3.19. The minimum Gasteiger partial charge on any atom is -0.476 e. The number of rotatable bonds is 4. The summed E-state index contributed by atoms with van der Waals surface area (Å²) in [7, 11) is 0. The van der Waals surface area contributed by atoms with E-state index >= 15 is 0 Å². The molecule has 84 valence electrons. The molecular formula is C12H14N2OS. The zero-order chi connectivity index (χ0) is 11.4. The summed E-state index contributed by atoms with van der Waals surface area (Å²) in [6, 6.07) is 7.85. The minimum absolute atomic E-state index is 0.615. The molecule has 0 unspecified atom stereocenters. The average molecular weight is 234 g/mol. The Kier molecular flexibility index (Phi) is 3.62. The van der Waals surface area contributed by atoms with E-state index in [4.69, 9.17) is 4.74 Å². The van der Waals surface area contributed by atoms with Crippen molar-refractivity contribution in [3.05, 3.63) is 24.3 Å². The Hall–Kier alpha value is -1.29. The molecule has 0 bridgehead atoms. The summed E-state index contributed by atoms with van der Waals surface area (Å²) in [4.78, 5) is 9.04. The number of fused-ring (bicyclic) bond motifs is 1. The largest absolute Gasteiger partial charge is 0.476 e. The van der Waals surface area contributed by atoms with E-state index < -0.39 is 0 Å². The third-order valence-corrected chi connectivity index (χ3v) is 2.90. The van der Waals surface area contributed by atoms with Crippen LogP contribution in [0.1, 0.15) is 13.8 Å². The quantitative estimate of drug-likeness (QED) is 0.761. The van der Waals surface area contributed by atoms with Crippen molar-refractivity contribution >= 4 is 22.8 Å². The summed E-state index contributed by atoms with van der Waals surface area (Å²) in [5.41, 5.74) is 1.80. The highest BCUT2D eigenvalue weighted by atomic mass is 32.2. The van der Waals surface area contributed by atoms with Crippen LogP contribution in [0.2, 0.25) is 0 Å². The maximum Gasteiger partial charge on any atom is 0.247 e. The minimum atomic E-state index is 0.615. The fourth-order valence-corrected chi connectivity index (χ4v) is 2.09. The van der Waals surface area contributed by atoms with E-state index in [0.29, 0.717) is 12.5 Å². The van der Waals surface area contributed by atoms with Crippen LogP contribution in [0, 0.1) is 0 Å². The van der Waals surface area contributed by atoms with Crippen LogP contribution in [-0.4, -0.2) is 22.3 Å². The second-order valence-corrected chi connectivity index (χ2v) is 4.44. The molecule has 1 aromatic carbocycles. The van der Waals surface area contributed by atoms with E-state index in [-0.39, 0.29) is 0 Å². The smallest absolute Gasteiger partial charge is 0.247 e. The SMILES string of the molecule is CCOc1nc2ccccc2nc1SCC. The van der Waals surface area contributed by atoms with Gasteiger partial charge in [0.1, 0.15) is 0 Å². The molecule has 1 aromatic heterocycles. The van der Waals surface area contributed by atoms with Gasteiger partial charge in [0, 0.05) is 0 Å². The van der Waals surface area contributed by atoms with Crippen LogP contribution in [0.3, 0.4) is 0 Å². The molecule has 0 saturated heterocycles. The molecule has 4 heteroatoms. The first-order valence-corrected chi connectivity index (χ1v) is 6.36. The molecule has 0 N–H and O–H groups in total. The zero-order valence-electron chi connectivity index (χ0n) is 9.43. The lowest BCUT2D eigenvalue weighted by Crippen LogP contribution is -1.99. The Morgan fingerprint density at radius 2 is 1.81 bits per heavy atom. The maximum absolute atomic E-state index is 5.50. The lowest BCUT2D eigenvalue weighted by molar-refractivity contribution is 0.317. The van der Waals surface area contributed by atoms with Crippen LogP contribution in [0.5, 0.6) is 5.88 Å². The zero-order valence-corrected chi connectivity index (χ0v) is 10.3. The highest BCUT2D eigenvalue weighted by molar-refractivity contribution is 7.99. The van der Waals surface area contributed by atoms with Crippen molar-refractivity contribution < 1.29 is 4.74 Å². The topological polar surface area (TPSA) is 35.0 Å². The Morgan fingerprint density at radius 3 is 2.44 bits per heavy atom. The molecule has 3 nitrogen and oxygen atoms in total. The normalized spacial score (nSPS) is 10.6. The van der Waals surface area contributed by atoms with E-state index in [2.05, 4.69) is 16.9 Å². The number of hydrogen-bond acceptors (Lipinski definition) is 4. The van der Waals surface area contributed by atoms with Crippen LogP contribution in [0.4, 0.5) is 0 Å². The van der Waals surface area contributed by atoms with Crippen molar-refractivity contribution in [1.29, 1.82) is 0 Å². The Morgan fingerprint density at radius 1 is 1.12 bits per heavy atom. The van der Waals surface area contributed by atoms with Gasteiger partial charge in [-0.15, -0.1) is 11.8 Å². The van der Waals surface area contributed by atoms with Gasteiger partial charge in [-0.25, -0.2) is 9.97 Å². The van der Waals surface area contributed by atoms with E-state index in [1.807, 2.05) is 31.2 Å². The summed E-state index contributed by atoms with van der Waals surface area (Å²) in [6.07, 6.45) is 0. The summed E-state index contributed by atoms with van der Waals surface area (Å²) >= 11 is 1.66. The van der Waals surface area contributed by atoms with Crippen LogP contribution in [-0.2, 0) is 0 Å². The van der Waals surface area contributed by atoms with Crippen molar-refractivity contribution in [3.63, 3.8) is 0 Å². The molecule has 0 saturated carbocycles. The summed E-state index contributed by atoms with van der Waals surface area (Å²) in [5.74, 6) is 1.61. The van der Waals surface area contributed by atoms with Crippen LogP contribution < -0.4 is 4.74 Å². The highest BCUT2D eigenvalue weighted by Crippen LogP contribution is 2.27. The number of para-hydroxylation sites is 2. The molecule has 0 spiro atoms. The standard InChI is InChI=1S/C12H14N2OS/c1-3-15-11-12(16-4-2)14-10-8-6-5-7-9(10)13-11/h5-8H,3-4H2,1-2H3. The number of aromatic nitrogens is 2. The van der Waals surface area contributed by atoms with Crippen molar-refractivity contribution in [1.82, 2.24) is 9.97 Å². The van der Waals surface area contributed by atoms with Gasteiger partial charge in [-0.05, 0) is 24.8 Å². The third kappa shape index (κ3) is 2.27. The molecule has 16 heavy (non-hydrogen) atoms. The average Bonchev–Trinajstić information content (AvgIpc) is 2.30. The summed E-state index contributed by atoms with van der Waals surface area (Å²) in [5, 5.41) is 0.878. The van der Waals surface area contributed by atoms with Crippen molar-refractivity contribution in [2.45, 2.75) is 18.9 Å². The van der Waals surface area contributed by atoms with Gasteiger partial charge in [-0.1, -0.05) is 19.1 Å². The molecule has 0 aliphatic rings. The lowest BCUT2D eigenvalue weighted by Gasteiger charge is -2.08. The number of thioether (sulfide) groups is 1. The fraction of sp³-hybridized carbons (Fsp3) is 0.333. The first kappa shape index (κ1) is 11.2. The molecule has 0 atom stereocenters. The Balaban J connectivity index is 2.51. The van der Waals surface area contributed by atoms with Gasteiger partial charge in [-0.2, -0.15) is 0 Å². The Bertz CT molecular complexity index is 443. The first-order valence-electron chi connectivity index (χ1n) is 5.37. The molecular weight excluding hydrogens is 220 g/mol. The number of ether oxygens (including phenoxy) is 1. The van der Waals surface area contributed by atoms with Gasteiger partial charge in [0.05, 0.1) is 17.6 Å². The van der Waals surface area contributed by atoms with E-state index in [0.717, 1.165) is 21.8 Å². The maximum atomic E-state index is 5.50. The molecule has 0 fully saturated rings. The van der Waals surface area contributed by atoms with Gasteiger partial charge in [0.2, 0.25) is 5.88 Å². The molecule has 2 rings (SSSR count). The highest BCUT2D eigenvalue weighted by Gasteiger charge is 2.09. The monoisotopic (exact) mass is 234 g/mol. The van der Waals surface area contributed by atoms with Crippen molar-refractivity contribution in [2.24, 2.45) is 0 Å². The van der Waals surface area contributed by atoms with Gasteiger partial charge < -0.3 is 4.74 Å². The van der Waals surface area contributed by atoms with Crippen molar-refractivity contribution in [3.8, 4) is 5.88 Å². The summed E-state index contributed by atoms with van der Waals surface area (Å²) in [6.45, 7) is 4.67. The van der Waals surface area contributed by atoms with E-state index in [1.165, 1.54) is 0 Å². The molecule has 0 radical (unpaired) electrons. The third-order valence-electron chi connectivity index (χ3n) is 2.07.